The zero-order valence-electron chi connectivity index (χ0n) is 18.0. The lowest BCUT2D eigenvalue weighted by atomic mass is 9.93. The molecule has 1 aromatic rings. The molecule has 3 rings (SSSR count). The Kier molecular flexibility index (Phi) is 8.49. The maximum atomic E-state index is 13.3. The fourth-order valence-corrected chi connectivity index (χ4v) is 4.51. The lowest BCUT2D eigenvalue weighted by molar-refractivity contribution is -0.121. The van der Waals surface area contributed by atoms with Crippen LogP contribution in [0.15, 0.2) is 24.3 Å². The molecule has 2 heterocycles. The van der Waals surface area contributed by atoms with Gasteiger partial charge in [0.1, 0.15) is 5.82 Å². The van der Waals surface area contributed by atoms with Crippen LogP contribution >= 0.6 is 0 Å². The maximum Gasteiger partial charge on any atom is 0.321 e. The van der Waals surface area contributed by atoms with Crippen LogP contribution in [0.3, 0.4) is 0 Å². The van der Waals surface area contributed by atoms with E-state index >= 15 is 0 Å². The van der Waals surface area contributed by atoms with Gasteiger partial charge in [0.05, 0.1) is 0 Å². The summed E-state index contributed by atoms with van der Waals surface area (Å²) in [5.41, 5.74) is 0.463. The molecule has 2 aliphatic rings. The molecule has 6 nitrogen and oxygen atoms in total. The molecule has 2 fully saturated rings. The maximum absolute atomic E-state index is 13.3. The Morgan fingerprint density at radius 3 is 2.83 bits per heavy atom. The molecule has 0 radical (unpaired) electrons. The number of urea groups is 1. The number of halogens is 1. The molecular weight excluding hydrogens is 383 g/mol. The minimum atomic E-state index is -0.370. The highest BCUT2D eigenvalue weighted by Gasteiger charge is 2.24. The summed E-state index contributed by atoms with van der Waals surface area (Å²) in [6.45, 7) is 6.35. The van der Waals surface area contributed by atoms with Crippen molar-refractivity contribution in [2.75, 3.05) is 38.0 Å². The van der Waals surface area contributed by atoms with Gasteiger partial charge in [0.2, 0.25) is 5.91 Å². The highest BCUT2D eigenvalue weighted by Crippen LogP contribution is 2.22. The Hall–Kier alpha value is -2.15. The highest BCUT2D eigenvalue weighted by molar-refractivity contribution is 5.89. The van der Waals surface area contributed by atoms with Crippen molar-refractivity contribution in [3.63, 3.8) is 0 Å². The minimum absolute atomic E-state index is 0.0981. The number of carbonyl (C=O) groups excluding carboxylic acids is 2. The van der Waals surface area contributed by atoms with Crippen molar-refractivity contribution >= 4 is 17.6 Å². The molecule has 3 amide bonds. The first-order valence-electron chi connectivity index (χ1n) is 11.3. The van der Waals surface area contributed by atoms with E-state index in [0.717, 1.165) is 32.4 Å². The van der Waals surface area contributed by atoms with E-state index in [1.54, 1.807) is 17.0 Å². The molecule has 0 saturated carbocycles. The van der Waals surface area contributed by atoms with Crippen molar-refractivity contribution in [3.8, 4) is 0 Å². The molecule has 30 heavy (non-hydrogen) atoms. The molecule has 166 valence electrons. The van der Waals surface area contributed by atoms with E-state index < -0.39 is 0 Å². The van der Waals surface area contributed by atoms with Gasteiger partial charge < -0.3 is 15.5 Å². The summed E-state index contributed by atoms with van der Waals surface area (Å²) in [7, 11) is 0. The predicted octanol–water partition coefficient (Wildman–Crippen LogP) is 3.84. The quantitative estimate of drug-likeness (QED) is 0.707. The average Bonchev–Trinajstić information content (AvgIpc) is 2.74. The molecule has 2 unspecified atom stereocenters. The number of nitrogens with zero attached hydrogens (tertiary/aromatic N) is 2. The van der Waals surface area contributed by atoms with Crippen LogP contribution in [0.5, 0.6) is 0 Å². The van der Waals surface area contributed by atoms with E-state index in [1.165, 1.54) is 31.4 Å². The van der Waals surface area contributed by atoms with Crippen LogP contribution in [0, 0.1) is 11.7 Å². The van der Waals surface area contributed by atoms with Crippen molar-refractivity contribution in [3.05, 3.63) is 30.1 Å². The molecular formula is C23H35FN4O2. The number of rotatable bonds is 7. The fraction of sp³-hybridized carbons (Fsp3) is 0.652. The second-order valence-corrected chi connectivity index (χ2v) is 8.66. The third-order valence-corrected chi connectivity index (χ3v) is 6.32. The first-order valence-corrected chi connectivity index (χ1v) is 11.3. The normalized spacial score (nSPS) is 22.5. The van der Waals surface area contributed by atoms with Crippen LogP contribution in [-0.2, 0) is 4.79 Å². The van der Waals surface area contributed by atoms with Crippen LogP contribution in [-0.4, -0.2) is 60.5 Å². The van der Waals surface area contributed by atoms with E-state index in [-0.39, 0.29) is 17.8 Å². The van der Waals surface area contributed by atoms with E-state index in [1.807, 2.05) is 0 Å². The summed E-state index contributed by atoms with van der Waals surface area (Å²) < 4.78 is 13.3. The largest absolute Gasteiger partial charge is 0.355 e. The summed E-state index contributed by atoms with van der Waals surface area (Å²) >= 11 is 0. The van der Waals surface area contributed by atoms with Gasteiger partial charge in [-0.2, -0.15) is 0 Å². The van der Waals surface area contributed by atoms with Gasteiger partial charge >= 0.3 is 6.03 Å². The minimum Gasteiger partial charge on any atom is -0.355 e. The molecule has 2 saturated heterocycles. The number of hydrogen-bond acceptors (Lipinski definition) is 3. The second kappa shape index (κ2) is 11.3. The van der Waals surface area contributed by atoms with E-state index in [2.05, 4.69) is 22.5 Å². The summed E-state index contributed by atoms with van der Waals surface area (Å²) in [5.74, 6) is 0.0518. The van der Waals surface area contributed by atoms with Crippen molar-refractivity contribution in [1.29, 1.82) is 0 Å². The average molecular weight is 419 g/mol. The Morgan fingerprint density at radius 2 is 2.03 bits per heavy atom. The summed E-state index contributed by atoms with van der Waals surface area (Å²) in [6.07, 6.45) is 7.05. The molecule has 0 aliphatic carbocycles. The fourth-order valence-electron chi connectivity index (χ4n) is 4.51. The molecule has 2 N–H and O–H groups in total. The lowest BCUT2D eigenvalue weighted by Gasteiger charge is -2.33. The first-order chi connectivity index (χ1) is 14.5. The van der Waals surface area contributed by atoms with Gasteiger partial charge in [0.25, 0.3) is 0 Å². The Morgan fingerprint density at radius 1 is 1.17 bits per heavy atom. The SMILES string of the molecule is CC1CCCCN1CCNC(=O)CCC1CCCN(C(=O)Nc2cccc(F)c2)C1. The third-order valence-electron chi connectivity index (χ3n) is 6.32. The van der Waals surface area contributed by atoms with Crippen LogP contribution in [0.25, 0.3) is 0 Å². The predicted molar refractivity (Wildman–Crippen MR) is 117 cm³/mol. The number of piperidine rings is 2. The lowest BCUT2D eigenvalue weighted by Crippen LogP contribution is -2.43. The summed E-state index contributed by atoms with van der Waals surface area (Å²) in [4.78, 5) is 29.0. The third kappa shape index (κ3) is 6.97. The van der Waals surface area contributed by atoms with Gasteiger partial charge in [-0.1, -0.05) is 12.5 Å². The molecule has 7 heteroatoms. The van der Waals surface area contributed by atoms with Gasteiger partial charge in [-0.25, -0.2) is 9.18 Å². The number of amides is 3. The van der Waals surface area contributed by atoms with Crippen LogP contribution in [0.1, 0.15) is 51.9 Å². The van der Waals surface area contributed by atoms with Crippen molar-refractivity contribution in [2.45, 2.75) is 57.9 Å². The van der Waals surface area contributed by atoms with E-state index in [9.17, 15) is 14.0 Å². The second-order valence-electron chi connectivity index (χ2n) is 8.66. The number of carbonyl (C=O) groups is 2. The molecule has 1 aromatic carbocycles. The van der Waals surface area contributed by atoms with Crippen molar-refractivity contribution in [2.24, 2.45) is 5.92 Å². The number of hydrogen-bond donors (Lipinski definition) is 2. The van der Waals surface area contributed by atoms with Crippen LogP contribution < -0.4 is 10.6 Å². The van der Waals surface area contributed by atoms with Gasteiger partial charge in [0.15, 0.2) is 0 Å². The molecule has 0 spiro atoms. The van der Waals surface area contributed by atoms with E-state index in [0.29, 0.717) is 43.7 Å². The smallest absolute Gasteiger partial charge is 0.321 e. The molecule has 0 bridgehead atoms. The topological polar surface area (TPSA) is 64.7 Å². The molecule has 0 aromatic heterocycles. The monoisotopic (exact) mass is 418 g/mol. The van der Waals surface area contributed by atoms with Gasteiger partial charge in [-0.05, 0) is 69.7 Å². The zero-order chi connectivity index (χ0) is 21.3. The van der Waals surface area contributed by atoms with Gasteiger partial charge in [0, 0.05) is 44.3 Å². The molecule has 2 aliphatic heterocycles. The molecule has 2 atom stereocenters. The number of likely N-dealkylation sites (tertiary alicyclic amines) is 2. The number of benzene rings is 1. The Bertz CT molecular complexity index is 714. The van der Waals surface area contributed by atoms with Gasteiger partial charge in [-0.15, -0.1) is 0 Å². The Labute approximate surface area is 179 Å². The van der Waals surface area contributed by atoms with E-state index in [4.69, 9.17) is 0 Å². The standard InChI is InChI=1S/C23H35FN4O2/c1-18-6-2-3-13-27(18)15-12-25-22(29)11-10-19-7-5-14-28(17-19)23(30)26-21-9-4-8-20(24)16-21/h4,8-9,16,18-19H,2-3,5-7,10-15,17H2,1H3,(H,25,29)(H,26,30). The number of nitrogens with one attached hydrogen (secondary N) is 2. The van der Waals surface area contributed by atoms with Gasteiger partial charge in [-0.3, -0.25) is 9.69 Å². The van der Waals surface area contributed by atoms with Crippen LogP contribution in [0.2, 0.25) is 0 Å². The zero-order valence-corrected chi connectivity index (χ0v) is 18.0. The van der Waals surface area contributed by atoms with Crippen molar-refractivity contribution < 1.29 is 14.0 Å². The summed E-state index contributed by atoms with van der Waals surface area (Å²) in [5, 5.41) is 5.82. The number of anilines is 1. The Balaban J connectivity index is 1.35. The van der Waals surface area contributed by atoms with Crippen molar-refractivity contribution in [1.82, 2.24) is 15.1 Å². The van der Waals surface area contributed by atoms with Crippen LogP contribution in [0.4, 0.5) is 14.9 Å². The summed E-state index contributed by atoms with van der Waals surface area (Å²) in [6, 6.07) is 6.33. The first kappa shape index (κ1) is 22.5. The highest BCUT2D eigenvalue weighted by atomic mass is 19.1.